The third-order valence-electron chi connectivity index (χ3n) is 5.16. The van der Waals surface area contributed by atoms with Gasteiger partial charge in [-0.1, -0.05) is 0 Å². The van der Waals surface area contributed by atoms with Crippen LogP contribution in [-0.2, 0) is 0 Å². The number of rotatable bonds is 3. The molecular formula is C20H20N8O. The molecule has 146 valence electrons. The van der Waals surface area contributed by atoms with Crippen molar-refractivity contribution in [2.24, 2.45) is 4.99 Å². The van der Waals surface area contributed by atoms with Crippen LogP contribution in [0.5, 0.6) is 0 Å². The van der Waals surface area contributed by atoms with Gasteiger partial charge in [-0.25, -0.2) is 14.6 Å². The summed E-state index contributed by atoms with van der Waals surface area (Å²) in [7, 11) is 0. The Bertz CT molecular complexity index is 1100. The van der Waals surface area contributed by atoms with Crippen molar-refractivity contribution >= 4 is 29.3 Å². The first-order chi connectivity index (χ1) is 14.2. The second kappa shape index (κ2) is 7.10. The van der Waals surface area contributed by atoms with Gasteiger partial charge in [0.25, 0.3) is 0 Å². The molecule has 2 aliphatic heterocycles. The van der Waals surface area contributed by atoms with Crippen molar-refractivity contribution in [2.75, 3.05) is 36.8 Å². The van der Waals surface area contributed by atoms with Crippen LogP contribution >= 0.6 is 0 Å². The van der Waals surface area contributed by atoms with E-state index in [9.17, 15) is 4.79 Å². The Kier molecular flexibility index (Phi) is 4.28. The van der Waals surface area contributed by atoms with E-state index in [0.717, 1.165) is 43.1 Å². The second-order valence-corrected chi connectivity index (χ2v) is 6.98. The summed E-state index contributed by atoms with van der Waals surface area (Å²) in [5, 5.41) is 7.74. The van der Waals surface area contributed by atoms with Crippen LogP contribution in [0.1, 0.15) is 16.8 Å². The molecule has 0 radical (unpaired) electrons. The molecule has 0 saturated carbocycles. The van der Waals surface area contributed by atoms with E-state index < -0.39 is 0 Å². The Morgan fingerprint density at radius 3 is 2.72 bits per heavy atom. The number of Topliss-reactive ketones (excluding diaryl/α,β-unsaturated/α-hetero) is 1. The first-order valence-electron chi connectivity index (χ1n) is 9.53. The molecule has 0 amide bonds. The lowest BCUT2D eigenvalue weighted by atomic mass is 10.1. The van der Waals surface area contributed by atoms with Crippen LogP contribution in [0, 0.1) is 0 Å². The van der Waals surface area contributed by atoms with Gasteiger partial charge in [-0.15, -0.1) is 5.10 Å². The molecular weight excluding hydrogens is 368 g/mol. The van der Waals surface area contributed by atoms with Gasteiger partial charge in [0.05, 0.1) is 0 Å². The van der Waals surface area contributed by atoms with Crippen LogP contribution in [0.2, 0.25) is 0 Å². The zero-order valence-electron chi connectivity index (χ0n) is 15.7. The topological polar surface area (TPSA) is 114 Å². The highest BCUT2D eigenvalue weighted by Crippen LogP contribution is 2.32. The summed E-state index contributed by atoms with van der Waals surface area (Å²) in [5.41, 5.74) is 8.88. The maximum Gasteiger partial charge on any atom is 0.180 e. The van der Waals surface area contributed by atoms with Crippen molar-refractivity contribution < 1.29 is 4.79 Å². The number of nitrogens with two attached hydrogens (primary N) is 1. The number of aromatic nitrogens is 4. The normalized spacial score (nSPS) is 16.1. The van der Waals surface area contributed by atoms with Crippen LogP contribution in [0.3, 0.4) is 0 Å². The van der Waals surface area contributed by atoms with E-state index in [0.29, 0.717) is 29.3 Å². The van der Waals surface area contributed by atoms with Gasteiger partial charge < -0.3 is 16.0 Å². The first kappa shape index (κ1) is 17.5. The summed E-state index contributed by atoms with van der Waals surface area (Å²) in [6.45, 7) is 3.80. The zero-order chi connectivity index (χ0) is 19.8. The number of carbonyl (C=O) groups is 1. The molecule has 0 spiro atoms. The monoisotopic (exact) mass is 388 g/mol. The molecule has 3 aromatic heterocycles. The van der Waals surface area contributed by atoms with Crippen LogP contribution < -0.4 is 16.0 Å². The lowest BCUT2D eigenvalue weighted by Crippen LogP contribution is -2.43. The van der Waals surface area contributed by atoms with Gasteiger partial charge in [0, 0.05) is 74.1 Å². The highest BCUT2D eigenvalue weighted by molar-refractivity contribution is 6.10. The van der Waals surface area contributed by atoms with Crippen molar-refractivity contribution in [3.05, 3.63) is 42.4 Å². The Morgan fingerprint density at radius 2 is 1.93 bits per heavy atom. The third-order valence-corrected chi connectivity index (χ3v) is 5.16. The zero-order valence-corrected chi connectivity index (χ0v) is 15.7. The molecule has 3 aromatic rings. The Hall–Kier alpha value is -3.59. The average molecular weight is 388 g/mol. The number of nitrogen functional groups attached to an aromatic ring is 1. The molecule has 5 heterocycles. The molecule has 0 unspecified atom stereocenters. The standard InChI is InChI=1S/C20H20N8O/c21-19-15(13-1-2-17(25-11-13)27-9-7-22-8-10-27)12-28(26-19)20-18-14(3-5-24-20)16(29)4-6-23-18/h1-3,5-6,11-12,22H,4,7-10H2,(H2,21,26). The molecule has 2 aliphatic rings. The number of anilines is 2. The van der Waals surface area contributed by atoms with E-state index in [2.05, 4.69) is 30.3 Å². The summed E-state index contributed by atoms with van der Waals surface area (Å²) in [5.74, 6) is 1.82. The SMILES string of the molecule is Nc1nn(-c2nccc3c2N=CCC3=O)cc1-c1ccc(N2CCNCC2)nc1. The average Bonchev–Trinajstić information content (AvgIpc) is 3.16. The van der Waals surface area contributed by atoms with Gasteiger partial charge in [0.15, 0.2) is 17.4 Å². The molecule has 29 heavy (non-hydrogen) atoms. The number of fused-ring (bicyclic) bond motifs is 1. The number of aliphatic imine (C=N–C) groups is 1. The molecule has 9 heteroatoms. The molecule has 0 aromatic carbocycles. The molecule has 3 N–H and O–H groups in total. The van der Waals surface area contributed by atoms with Crippen molar-refractivity contribution in [1.29, 1.82) is 0 Å². The summed E-state index contributed by atoms with van der Waals surface area (Å²) >= 11 is 0. The number of nitrogens with one attached hydrogen (secondary N) is 1. The summed E-state index contributed by atoms with van der Waals surface area (Å²) in [4.78, 5) is 27.7. The number of ketones is 1. The lowest BCUT2D eigenvalue weighted by Gasteiger charge is -2.28. The molecule has 0 bridgehead atoms. The fourth-order valence-corrected chi connectivity index (χ4v) is 3.64. The molecule has 9 nitrogen and oxygen atoms in total. The predicted molar refractivity (Wildman–Crippen MR) is 111 cm³/mol. The molecule has 0 atom stereocenters. The fraction of sp³-hybridized carbons (Fsp3) is 0.250. The molecule has 5 rings (SSSR count). The van der Waals surface area contributed by atoms with E-state index >= 15 is 0 Å². The van der Waals surface area contributed by atoms with Gasteiger partial charge >= 0.3 is 0 Å². The predicted octanol–water partition coefficient (Wildman–Crippen LogP) is 1.61. The van der Waals surface area contributed by atoms with E-state index in [1.54, 1.807) is 29.4 Å². The smallest absolute Gasteiger partial charge is 0.180 e. The van der Waals surface area contributed by atoms with Gasteiger partial charge in [-0.05, 0) is 18.2 Å². The van der Waals surface area contributed by atoms with E-state index in [4.69, 9.17) is 5.73 Å². The second-order valence-electron chi connectivity index (χ2n) is 6.98. The summed E-state index contributed by atoms with van der Waals surface area (Å²) in [6.07, 6.45) is 7.10. The van der Waals surface area contributed by atoms with Gasteiger partial charge in [-0.3, -0.25) is 9.79 Å². The van der Waals surface area contributed by atoms with Crippen molar-refractivity contribution in [2.45, 2.75) is 6.42 Å². The quantitative estimate of drug-likeness (QED) is 0.700. The van der Waals surface area contributed by atoms with E-state index in [1.165, 1.54) is 0 Å². The summed E-state index contributed by atoms with van der Waals surface area (Å²) in [6, 6.07) is 5.69. The Morgan fingerprint density at radius 1 is 1.07 bits per heavy atom. The highest BCUT2D eigenvalue weighted by atomic mass is 16.1. The van der Waals surface area contributed by atoms with E-state index in [-0.39, 0.29) is 5.78 Å². The lowest BCUT2D eigenvalue weighted by molar-refractivity contribution is 0.100. The number of hydrogen-bond acceptors (Lipinski definition) is 8. The maximum absolute atomic E-state index is 12.1. The van der Waals surface area contributed by atoms with Crippen LogP contribution in [0.25, 0.3) is 16.9 Å². The van der Waals surface area contributed by atoms with Crippen molar-refractivity contribution in [3.8, 4) is 16.9 Å². The number of carbonyl (C=O) groups excluding carboxylic acids is 1. The number of hydrogen-bond donors (Lipinski definition) is 2. The van der Waals surface area contributed by atoms with Crippen LogP contribution in [-0.4, -0.2) is 57.9 Å². The van der Waals surface area contributed by atoms with Gasteiger partial charge in [0.1, 0.15) is 11.5 Å². The maximum atomic E-state index is 12.1. The number of piperazine rings is 1. The van der Waals surface area contributed by atoms with Gasteiger partial charge in [-0.2, -0.15) is 0 Å². The summed E-state index contributed by atoms with van der Waals surface area (Å²) < 4.78 is 1.57. The number of nitrogens with zero attached hydrogens (tertiary/aromatic N) is 6. The minimum Gasteiger partial charge on any atom is -0.382 e. The molecule has 0 aliphatic carbocycles. The highest BCUT2D eigenvalue weighted by Gasteiger charge is 2.21. The van der Waals surface area contributed by atoms with Crippen molar-refractivity contribution in [3.63, 3.8) is 0 Å². The van der Waals surface area contributed by atoms with Gasteiger partial charge in [0.2, 0.25) is 0 Å². The fourth-order valence-electron chi connectivity index (χ4n) is 3.64. The minimum atomic E-state index is 0.0201. The molecule has 1 fully saturated rings. The molecule has 1 saturated heterocycles. The minimum absolute atomic E-state index is 0.0201. The Labute approximate surface area is 167 Å². The first-order valence-corrected chi connectivity index (χ1v) is 9.53. The van der Waals surface area contributed by atoms with Crippen molar-refractivity contribution in [1.82, 2.24) is 25.1 Å². The van der Waals surface area contributed by atoms with Crippen LogP contribution in [0.15, 0.2) is 41.8 Å². The van der Waals surface area contributed by atoms with E-state index in [1.807, 2.05) is 18.3 Å². The third kappa shape index (κ3) is 3.15. The number of pyridine rings is 2. The van der Waals surface area contributed by atoms with Crippen LogP contribution in [0.4, 0.5) is 17.3 Å². The largest absolute Gasteiger partial charge is 0.382 e. The Balaban J connectivity index is 1.48.